The summed E-state index contributed by atoms with van der Waals surface area (Å²) in [6.07, 6.45) is 0. The van der Waals surface area contributed by atoms with Crippen LogP contribution in [0.1, 0.15) is 13.8 Å². The normalized spacial score (nSPS) is 11.3. The van der Waals surface area contributed by atoms with Crippen LogP contribution < -0.4 is 5.56 Å². The summed E-state index contributed by atoms with van der Waals surface area (Å²) in [5.41, 5.74) is 1.79. The van der Waals surface area contributed by atoms with Crippen LogP contribution in [-0.4, -0.2) is 4.57 Å². The van der Waals surface area contributed by atoms with Crippen LogP contribution >= 0.6 is 15.9 Å². The predicted octanol–water partition coefficient (Wildman–Crippen LogP) is 5.23. The van der Waals surface area contributed by atoms with E-state index in [0.29, 0.717) is 17.8 Å². The van der Waals surface area contributed by atoms with Gasteiger partial charge in [-0.3, -0.25) is 4.79 Å². The number of nitrogens with zero attached hydrogens (tertiary/aromatic N) is 1. The van der Waals surface area contributed by atoms with Gasteiger partial charge in [0, 0.05) is 17.5 Å². The molecule has 0 aliphatic rings. The second-order valence-corrected chi connectivity index (χ2v) is 6.78. The third kappa shape index (κ3) is 2.95. The van der Waals surface area contributed by atoms with Gasteiger partial charge in [0.15, 0.2) is 0 Å². The minimum Gasteiger partial charge on any atom is -0.301 e. The van der Waals surface area contributed by atoms with Gasteiger partial charge in [-0.15, -0.1) is 0 Å². The highest BCUT2D eigenvalue weighted by atomic mass is 79.9. The van der Waals surface area contributed by atoms with Crippen molar-refractivity contribution >= 4 is 26.7 Å². The van der Waals surface area contributed by atoms with Crippen molar-refractivity contribution in [2.45, 2.75) is 20.4 Å². The molecule has 0 amide bonds. The summed E-state index contributed by atoms with van der Waals surface area (Å²) in [5.74, 6) is 0.0657. The Labute approximate surface area is 142 Å². The van der Waals surface area contributed by atoms with E-state index in [2.05, 4.69) is 29.8 Å². The number of aromatic nitrogens is 1. The zero-order valence-electron chi connectivity index (χ0n) is 13.0. The van der Waals surface area contributed by atoms with Crippen molar-refractivity contribution in [1.29, 1.82) is 0 Å². The summed E-state index contributed by atoms with van der Waals surface area (Å²) >= 11 is 3.61. The van der Waals surface area contributed by atoms with Gasteiger partial charge >= 0.3 is 0 Å². The summed E-state index contributed by atoms with van der Waals surface area (Å²) < 4.78 is 15.8. The second kappa shape index (κ2) is 6.28. The standard InChI is InChI=1S/C19H17BrFNO/c1-12(2)11-22-18(20)17(13-7-9-14(21)10-8-13)15-5-3-4-6-16(15)19(22)23/h3-10,12H,11H2,1-2H3. The summed E-state index contributed by atoms with van der Waals surface area (Å²) in [6.45, 7) is 4.77. The number of halogens is 2. The highest BCUT2D eigenvalue weighted by Crippen LogP contribution is 2.34. The van der Waals surface area contributed by atoms with E-state index in [-0.39, 0.29) is 11.4 Å². The van der Waals surface area contributed by atoms with Crippen LogP contribution in [-0.2, 0) is 6.54 Å². The van der Waals surface area contributed by atoms with Gasteiger partial charge in [-0.05, 0) is 51.0 Å². The zero-order chi connectivity index (χ0) is 16.6. The molecule has 2 nitrogen and oxygen atoms in total. The monoisotopic (exact) mass is 373 g/mol. The lowest BCUT2D eigenvalue weighted by Gasteiger charge is -2.17. The van der Waals surface area contributed by atoms with Gasteiger partial charge in [0.25, 0.3) is 5.56 Å². The van der Waals surface area contributed by atoms with Gasteiger partial charge in [0.1, 0.15) is 5.82 Å². The number of hydrogen-bond donors (Lipinski definition) is 0. The molecule has 118 valence electrons. The molecule has 23 heavy (non-hydrogen) atoms. The van der Waals surface area contributed by atoms with Gasteiger partial charge in [0.2, 0.25) is 0 Å². The van der Waals surface area contributed by atoms with Crippen molar-refractivity contribution in [3.05, 3.63) is 69.3 Å². The number of benzene rings is 2. The first-order valence-corrected chi connectivity index (χ1v) is 8.35. The minimum atomic E-state index is -0.273. The van der Waals surface area contributed by atoms with Gasteiger partial charge in [0.05, 0.1) is 4.60 Å². The Morgan fingerprint density at radius 2 is 1.65 bits per heavy atom. The molecule has 0 fully saturated rings. The van der Waals surface area contributed by atoms with Crippen molar-refractivity contribution in [2.24, 2.45) is 5.92 Å². The third-order valence-electron chi connectivity index (χ3n) is 3.80. The zero-order valence-corrected chi connectivity index (χ0v) is 14.6. The fourth-order valence-electron chi connectivity index (χ4n) is 2.79. The van der Waals surface area contributed by atoms with Gasteiger partial charge in [-0.2, -0.15) is 0 Å². The van der Waals surface area contributed by atoms with E-state index in [4.69, 9.17) is 0 Å². The first-order valence-electron chi connectivity index (χ1n) is 7.56. The second-order valence-electron chi connectivity index (χ2n) is 6.03. The van der Waals surface area contributed by atoms with Crippen molar-refractivity contribution in [3.8, 4) is 11.1 Å². The molecule has 3 rings (SSSR count). The van der Waals surface area contributed by atoms with E-state index in [1.54, 1.807) is 16.7 Å². The Kier molecular flexibility index (Phi) is 4.35. The maximum Gasteiger partial charge on any atom is 0.259 e. The van der Waals surface area contributed by atoms with Crippen LogP contribution in [0.4, 0.5) is 4.39 Å². The number of pyridine rings is 1. The van der Waals surface area contributed by atoms with Crippen molar-refractivity contribution < 1.29 is 4.39 Å². The van der Waals surface area contributed by atoms with Crippen LogP contribution in [0.15, 0.2) is 57.9 Å². The molecule has 0 aliphatic heterocycles. The number of fused-ring (bicyclic) bond motifs is 1. The van der Waals surface area contributed by atoms with Crippen LogP contribution in [0, 0.1) is 11.7 Å². The van der Waals surface area contributed by atoms with E-state index in [0.717, 1.165) is 21.1 Å². The van der Waals surface area contributed by atoms with E-state index >= 15 is 0 Å². The van der Waals surface area contributed by atoms with E-state index in [1.165, 1.54) is 12.1 Å². The summed E-state index contributed by atoms with van der Waals surface area (Å²) in [5, 5.41) is 1.55. The molecule has 0 saturated heterocycles. The first-order chi connectivity index (χ1) is 11.0. The average molecular weight is 374 g/mol. The van der Waals surface area contributed by atoms with E-state index in [9.17, 15) is 9.18 Å². The SMILES string of the molecule is CC(C)Cn1c(Br)c(-c2ccc(F)cc2)c2ccccc2c1=O. The van der Waals surface area contributed by atoms with Crippen LogP contribution in [0.25, 0.3) is 21.9 Å². The van der Waals surface area contributed by atoms with Gasteiger partial charge < -0.3 is 4.57 Å². The Balaban J connectivity index is 2.39. The Morgan fingerprint density at radius 1 is 1.04 bits per heavy atom. The largest absolute Gasteiger partial charge is 0.301 e. The molecule has 0 radical (unpaired) electrons. The molecule has 0 atom stereocenters. The Hall–Kier alpha value is -1.94. The summed E-state index contributed by atoms with van der Waals surface area (Å²) in [6, 6.07) is 13.9. The maximum absolute atomic E-state index is 13.3. The molecular formula is C19H17BrFNO. The lowest BCUT2D eigenvalue weighted by molar-refractivity contribution is 0.507. The fourth-order valence-corrected chi connectivity index (χ4v) is 3.54. The van der Waals surface area contributed by atoms with Gasteiger partial charge in [-0.1, -0.05) is 44.2 Å². The number of rotatable bonds is 3. The molecule has 0 bridgehead atoms. The van der Waals surface area contributed by atoms with Crippen LogP contribution in [0.2, 0.25) is 0 Å². The van der Waals surface area contributed by atoms with Crippen LogP contribution in [0.5, 0.6) is 0 Å². The third-order valence-corrected chi connectivity index (χ3v) is 4.62. The molecular weight excluding hydrogens is 357 g/mol. The fraction of sp³-hybridized carbons (Fsp3) is 0.211. The topological polar surface area (TPSA) is 22.0 Å². The smallest absolute Gasteiger partial charge is 0.259 e. The van der Waals surface area contributed by atoms with Crippen LogP contribution in [0.3, 0.4) is 0 Å². The van der Waals surface area contributed by atoms with Crippen molar-refractivity contribution in [3.63, 3.8) is 0 Å². The van der Waals surface area contributed by atoms with Crippen molar-refractivity contribution in [1.82, 2.24) is 4.57 Å². The quantitative estimate of drug-likeness (QED) is 0.576. The lowest BCUT2D eigenvalue weighted by atomic mass is 10.0. The Bertz CT molecular complexity index is 913. The van der Waals surface area contributed by atoms with Gasteiger partial charge in [-0.25, -0.2) is 4.39 Å². The lowest BCUT2D eigenvalue weighted by Crippen LogP contribution is -2.24. The number of hydrogen-bond acceptors (Lipinski definition) is 1. The molecule has 0 saturated carbocycles. The first kappa shape index (κ1) is 15.9. The highest BCUT2D eigenvalue weighted by Gasteiger charge is 2.16. The molecule has 1 aromatic heterocycles. The maximum atomic E-state index is 13.3. The molecule has 3 aromatic rings. The van der Waals surface area contributed by atoms with E-state index < -0.39 is 0 Å². The summed E-state index contributed by atoms with van der Waals surface area (Å²) in [4.78, 5) is 12.8. The predicted molar refractivity (Wildman–Crippen MR) is 96.1 cm³/mol. The highest BCUT2D eigenvalue weighted by molar-refractivity contribution is 9.10. The summed E-state index contributed by atoms with van der Waals surface area (Å²) in [7, 11) is 0. The molecule has 1 heterocycles. The molecule has 0 unspecified atom stereocenters. The Morgan fingerprint density at radius 3 is 2.26 bits per heavy atom. The average Bonchev–Trinajstić information content (AvgIpc) is 2.53. The molecule has 0 aliphatic carbocycles. The van der Waals surface area contributed by atoms with E-state index in [1.807, 2.05) is 24.3 Å². The molecule has 2 aromatic carbocycles. The van der Waals surface area contributed by atoms with Crippen molar-refractivity contribution in [2.75, 3.05) is 0 Å². The molecule has 4 heteroatoms. The minimum absolute atomic E-state index is 0.00737. The molecule has 0 N–H and O–H groups in total. The molecule has 0 spiro atoms.